The van der Waals surface area contributed by atoms with Crippen LogP contribution in [-0.4, -0.2) is 35.5 Å². The third-order valence-corrected chi connectivity index (χ3v) is 4.20. The molecule has 3 N–H and O–H groups in total. The van der Waals surface area contributed by atoms with Gasteiger partial charge in [-0.05, 0) is 51.5 Å². The zero-order valence-corrected chi connectivity index (χ0v) is 11.2. The van der Waals surface area contributed by atoms with Crippen LogP contribution >= 0.6 is 0 Å². The molecule has 0 unspecified atom stereocenters. The number of aliphatic hydroxyl groups excluding tert-OH is 2. The first-order valence-corrected chi connectivity index (χ1v) is 7.19. The predicted molar refractivity (Wildman–Crippen MR) is 71.0 cm³/mol. The maximum atomic E-state index is 9.64. The lowest BCUT2D eigenvalue weighted by molar-refractivity contribution is 0.0949. The highest BCUT2D eigenvalue weighted by Gasteiger charge is 2.33. The molecule has 3 nitrogen and oxygen atoms in total. The second kappa shape index (κ2) is 8.06. The molecule has 1 rings (SSSR count). The van der Waals surface area contributed by atoms with E-state index in [4.69, 9.17) is 5.11 Å². The van der Waals surface area contributed by atoms with Crippen LogP contribution in [0.4, 0.5) is 0 Å². The van der Waals surface area contributed by atoms with Crippen LogP contribution in [0.3, 0.4) is 0 Å². The van der Waals surface area contributed by atoms with Gasteiger partial charge in [-0.3, -0.25) is 0 Å². The normalized spacial score (nSPS) is 21.4. The zero-order valence-electron chi connectivity index (χ0n) is 11.2. The molecule has 0 saturated heterocycles. The van der Waals surface area contributed by atoms with Crippen LogP contribution in [0, 0.1) is 5.92 Å². The standard InChI is InChI=1S/C14H29NO2/c1-14(12-17,13-8-4-2-5-9-13)15-10-6-3-7-11-16/h13,15-17H,2-12H2,1H3/t14-/m1/s1. The lowest BCUT2D eigenvalue weighted by Crippen LogP contribution is -2.52. The number of rotatable bonds is 8. The Kier molecular flexibility index (Phi) is 7.09. The Balaban J connectivity index is 2.28. The molecule has 0 heterocycles. The monoisotopic (exact) mass is 243 g/mol. The van der Waals surface area contributed by atoms with E-state index in [1.54, 1.807) is 0 Å². The van der Waals surface area contributed by atoms with Gasteiger partial charge < -0.3 is 15.5 Å². The molecule has 1 aliphatic rings. The van der Waals surface area contributed by atoms with E-state index in [2.05, 4.69) is 12.2 Å². The molecule has 0 spiro atoms. The molecule has 1 saturated carbocycles. The summed E-state index contributed by atoms with van der Waals surface area (Å²) in [4.78, 5) is 0. The lowest BCUT2D eigenvalue weighted by atomic mass is 9.76. The minimum atomic E-state index is -0.0976. The third kappa shape index (κ3) is 4.94. The van der Waals surface area contributed by atoms with Crippen molar-refractivity contribution in [1.29, 1.82) is 0 Å². The Morgan fingerprint density at radius 2 is 1.76 bits per heavy atom. The first-order valence-electron chi connectivity index (χ1n) is 7.19. The van der Waals surface area contributed by atoms with Crippen molar-refractivity contribution in [1.82, 2.24) is 5.32 Å². The quantitative estimate of drug-likeness (QED) is 0.572. The van der Waals surface area contributed by atoms with Gasteiger partial charge in [0.05, 0.1) is 6.61 Å². The van der Waals surface area contributed by atoms with Crippen LogP contribution in [0.5, 0.6) is 0 Å². The van der Waals surface area contributed by atoms with Gasteiger partial charge in [-0.25, -0.2) is 0 Å². The molecule has 0 amide bonds. The Morgan fingerprint density at radius 1 is 1.06 bits per heavy atom. The van der Waals surface area contributed by atoms with Gasteiger partial charge in [0.15, 0.2) is 0 Å². The fourth-order valence-electron chi connectivity index (χ4n) is 2.86. The summed E-state index contributed by atoms with van der Waals surface area (Å²) in [6.07, 6.45) is 9.52. The fraction of sp³-hybridized carbons (Fsp3) is 1.00. The molecule has 1 aliphatic carbocycles. The summed E-state index contributed by atoms with van der Waals surface area (Å²) in [6.45, 7) is 3.64. The first-order chi connectivity index (χ1) is 8.23. The summed E-state index contributed by atoms with van der Waals surface area (Å²) < 4.78 is 0. The van der Waals surface area contributed by atoms with E-state index in [0.29, 0.717) is 12.5 Å². The molecule has 102 valence electrons. The van der Waals surface area contributed by atoms with Crippen molar-refractivity contribution >= 4 is 0 Å². The van der Waals surface area contributed by atoms with Gasteiger partial charge in [-0.15, -0.1) is 0 Å². The van der Waals surface area contributed by atoms with Gasteiger partial charge in [-0.1, -0.05) is 19.3 Å². The summed E-state index contributed by atoms with van der Waals surface area (Å²) in [5.74, 6) is 0.624. The van der Waals surface area contributed by atoms with E-state index in [0.717, 1.165) is 25.8 Å². The van der Waals surface area contributed by atoms with E-state index in [1.165, 1.54) is 32.1 Å². The van der Waals surface area contributed by atoms with Crippen LogP contribution < -0.4 is 5.32 Å². The van der Waals surface area contributed by atoms with Crippen LogP contribution in [0.1, 0.15) is 58.3 Å². The molecule has 0 aromatic rings. The van der Waals surface area contributed by atoms with Crippen molar-refractivity contribution in [3.05, 3.63) is 0 Å². The van der Waals surface area contributed by atoms with Crippen molar-refractivity contribution in [3.63, 3.8) is 0 Å². The molecule has 0 aromatic carbocycles. The van der Waals surface area contributed by atoms with Gasteiger partial charge in [0.25, 0.3) is 0 Å². The summed E-state index contributed by atoms with van der Waals surface area (Å²) in [6, 6.07) is 0. The number of hydrogen-bond acceptors (Lipinski definition) is 3. The number of unbranched alkanes of at least 4 members (excludes halogenated alkanes) is 2. The highest BCUT2D eigenvalue weighted by molar-refractivity contribution is 4.91. The van der Waals surface area contributed by atoms with E-state index in [1.807, 2.05) is 0 Å². The Hall–Kier alpha value is -0.120. The molecule has 1 fully saturated rings. The Bertz CT molecular complexity index is 193. The largest absolute Gasteiger partial charge is 0.396 e. The molecule has 0 radical (unpaired) electrons. The van der Waals surface area contributed by atoms with Crippen molar-refractivity contribution in [2.75, 3.05) is 19.8 Å². The van der Waals surface area contributed by atoms with E-state index >= 15 is 0 Å². The van der Waals surface area contributed by atoms with E-state index < -0.39 is 0 Å². The van der Waals surface area contributed by atoms with Crippen molar-refractivity contribution in [3.8, 4) is 0 Å². The molecule has 0 aliphatic heterocycles. The third-order valence-electron chi connectivity index (χ3n) is 4.20. The molecule has 1 atom stereocenters. The van der Waals surface area contributed by atoms with Gasteiger partial charge in [-0.2, -0.15) is 0 Å². The number of nitrogens with one attached hydrogen (secondary N) is 1. The Morgan fingerprint density at radius 3 is 2.35 bits per heavy atom. The smallest absolute Gasteiger partial charge is 0.0613 e. The second-order valence-corrected chi connectivity index (χ2v) is 5.62. The van der Waals surface area contributed by atoms with Gasteiger partial charge in [0.1, 0.15) is 0 Å². The summed E-state index contributed by atoms with van der Waals surface area (Å²) in [7, 11) is 0. The minimum Gasteiger partial charge on any atom is -0.396 e. The predicted octanol–water partition coefficient (Wildman–Crippen LogP) is 2.07. The first kappa shape index (κ1) is 14.9. The van der Waals surface area contributed by atoms with Crippen LogP contribution in [0.25, 0.3) is 0 Å². The molecular weight excluding hydrogens is 214 g/mol. The summed E-state index contributed by atoms with van der Waals surface area (Å²) in [5.41, 5.74) is -0.0976. The molecular formula is C14H29NO2. The summed E-state index contributed by atoms with van der Waals surface area (Å²) in [5, 5.41) is 21.9. The van der Waals surface area contributed by atoms with Gasteiger partial charge >= 0.3 is 0 Å². The minimum absolute atomic E-state index is 0.0976. The van der Waals surface area contributed by atoms with Crippen LogP contribution in [0.2, 0.25) is 0 Å². The fourth-order valence-corrected chi connectivity index (χ4v) is 2.86. The Labute approximate surface area is 106 Å². The highest BCUT2D eigenvalue weighted by Crippen LogP contribution is 2.32. The summed E-state index contributed by atoms with van der Waals surface area (Å²) >= 11 is 0. The maximum Gasteiger partial charge on any atom is 0.0613 e. The molecule has 17 heavy (non-hydrogen) atoms. The molecule has 3 heteroatoms. The second-order valence-electron chi connectivity index (χ2n) is 5.62. The number of hydrogen-bond donors (Lipinski definition) is 3. The number of aliphatic hydroxyl groups is 2. The zero-order chi connectivity index (χ0) is 12.6. The van der Waals surface area contributed by atoms with Crippen LogP contribution in [0.15, 0.2) is 0 Å². The molecule has 0 bridgehead atoms. The van der Waals surface area contributed by atoms with E-state index in [-0.39, 0.29) is 12.1 Å². The van der Waals surface area contributed by atoms with Crippen molar-refractivity contribution in [2.24, 2.45) is 5.92 Å². The van der Waals surface area contributed by atoms with Crippen LogP contribution in [-0.2, 0) is 0 Å². The topological polar surface area (TPSA) is 52.5 Å². The SMILES string of the molecule is C[C@](CO)(NCCCCCO)C1CCCCC1. The maximum absolute atomic E-state index is 9.64. The van der Waals surface area contributed by atoms with Gasteiger partial charge in [0, 0.05) is 12.1 Å². The highest BCUT2D eigenvalue weighted by atomic mass is 16.3. The van der Waals surface area contributed by atoms with Crippen molar-refractivity contribution in [2.45, 2.75) is 63.8 Å². The average molecular weight is 243 g/mol. The lowest BCUT2D eigenvalue weighted by Gasteiger charge is -2.39. The van der Waals surface area contributed by atoms with Crippen molar-refractivity contribution < 1.29 is 10.2 Å². The van der Waals surface area contributed by atoms with E-state index in [9.17, 15) is 5.11 Å². The van der Waals surface area contributed by atoms with Gasteiger partial charge in [0.2, 0.25) is 0 Å². The average Bonchev–Trinajstić information content (AvgIpc) is 2.39. The molecule has 0 aromatic heterocycles.